The molecule has 2 atom stereocenters. The van der Waals surface area contributed by atoms with Gasteiger partial charge in [-0.15, -0.1) is 0 Å². The van der Waals surface area contributed by atoms with Crippen molar-refractivity contribution in [1.29, 1.82) is 0 Å². The summed E-state index contributed by atoms with van der Waals surface area (Å²) in [7, 11) is 3.22. The van der Waals surface area contributed by atoms with Gasteiger partial charge in [-0.05, 0) is 13.0 Å². The quantitative estimate of drug-likeness (QED) is 0.624. The minimum absolute atomic E-state index is 0.0109. The van der Waals surface area contributed by atoms with Crippen LogP contribution in [0.2, 0.25) is 0 Å². The summed E-state index contributed by atoms with van der Waals surface area (Å²) in [5, 5.41) is 14.3. The van der Waals surface area contributed by atoms with E-state index in [1.54, 1.807) is 20.3 Å². The minimum atomic E-state index is -0.417. The number of aromatic nitrogens is 1. The molecule has 0 spiro atoms. The predicted octanol–water partition coefficient (Wildman–Crippen LogP) is 1.27. The van der Waals surface area contributed by atoms with E-state index in [-0.39, 0.29) is 17.9 Å². The first-order valence-corrected chi connectivity index (χ1v) is 6.80. The number of ether oxygens (including phenoxy) is 2. The first-order chi connectivity index (χ1) is 10.1. The second kappa shape index (κ2) is 6.68. The van der Waals surface area contributed by atoms with Gasteiger partial charge in [-0.2, -0.15) is 0 Å². The molecule has 21 heavy (non-hydrogen) atoms. The summed E-state index contributed by atoms with van der Waals surface area (Å²) >= 11 is 0. The van der Waals surface area contributed by atoms with E-state index in [0.717, 1.165) is 0 Å². The summed E-state index contributed by atoms with van der Waals surface area (Å²) in [4.78, 5) is 17.0. The molecule has 8 nitrogen and oxygen atoms in total. The third kappa shape index (κ3) is 3.22. The lowest BCUT2D eigenvalue weighted by Crippen LogP contribution is -2.27. The van der Waals surface area contributed by atoms with Gasteiger partial charge in [0.1, 0.15) is 18.0 Å². The molecule has 8 heteroatoms. The van der Waals surface area contributed by atoms with Gasteiger partial charge in [0.05, 0.1) is 4.92 Å². The second-order valence-corrected chi connectivity index (χ2v) is 4.78. The summed E-state index contributed by atoms with van der Waals surface area (Å²) < 4.78 is 10.7. The van der Waals surface area contributed by atoms with Gasteiger partial charge in [0.2, 0.25) is 5.82 Å². The van der Waals surface area contributed by atoms with E-state index in [0.29, 0.717) is 31.3 Å². The number of nitrogens with zero attached hydrogens (tertiary/aromatic N) is 3. The molecule has 0 aromatic carbocycles. The van der Waals surface area contributed by atoms with Crippen molar-refractivity contribution in [1.82, 2.24) is 4.98 Å². The number of hydrogen-bond donors (Lipinski definition) is 1. The van der Waals surface area contributed by atoms with Crippen LogP contribution in [0.25, 0.3) is 0 Å². The Morgan fingerprint density at radius 3 is 2.48 bits per heavy atom. The van der Waals surface area contributed by atoms with Gasteiger partial charge in [-0.1, -0.05) is 0 Å². The lowest BCUT2D eigenvalue weighted by atomic mass is 10.3. The van der Waals surface area contributed by atoms with Crippen LogP contribution in [0.15, 0.2) is 12.1 Å². The van der Waals surface area contributed by atoms with Crippen molar-refractivity contribution in [3.8, 4) is 0 Å². The van der Waals surface area contributed by atoms with E-state index >= 15 is 0 Å². The number of nitrogens with one attached hydrogen (secondary N) is 1. The Bertz CT molecular complexity index is 499. The zero-order valence-corrected chi connectivity index (χ0v) is 12.4. The first-order valence-electron chi connectivity index (χ1n) is 6.80. The molecule has 2 heterocycles. The van der Waals surface area contributed by atoms with E-state index in [9.17, 15) is 10.1 Å². The zero-order chi connectivity index (χ0) is 15.4. The third-order valence-corrected chi connectivity index (χ3v) is 3.53. The predicted molar refractivity (Wildman–Crippen MR) is 78.9 cm³/mol. The SMILES string of the molecule is CCNc1ccc([N+](=O)[O-])c(N2CC(OC)C(OC)C2)n1. The molecule has 0 saturated carbocycles. The molecular formula is C13H20N4O4. The van der Waals surface area contributed by atoms with Gasteiger partial charge < -0.3 is 19.7 Å². The maximum absolute atomic E-state index is 11.2. The van der Waals surface area contributed by atoms with Crippen molar-refractivity contribution in [2.24, 2.45) is 0 Å². The van der Waals surface area contributed by atoms with E-state index in [4.69, 9.17) is 9.47 Å². The summed E-state index contributed by atoms with van der Waals surface area (Å²) in [6.45, 7) is 3.67. The summed E-state index contributed by atoms with van der Waals surface area (Å²) in [6.07, 6.45) is -0.251. The molecule has 1 aliphatic rings. The zero-order valence-electron chi connectivity index (χ0n) is 12.4. The Kier molecular flexibility index (Phi) is 4.92. The number of anilines is 2. The maximum atomic E-state index is 11.2. The largest absolute Gasteiger partial charge is 0.377 e. The van der Waals surface area contributed by atoms with Gasteiger partial charge >= 0.3 is 5.69 Å². The van der Waals surface area contributed by atoms with Crippen LogP contribution in [0.4, 0.5) is 17.3 Å². The highest BCUT2D eigenvalue weighted by atomic mass is 16.6. The smallest absolute Gasteiger partial charge is 0.311 e. The Morgan fingerprint density at radius 2 is 2.00 bits per heavy atom. The molecule has 0 amide bonds. The van der Waals surface area contributed by atoms with Gasteiger partial charge in [-0.25, -0.2) is 4.98 Å². The fourth-order valence-electron chi connectivity index (χ4n) is 2.47. The van der Waals surface area contributed by atoms with Crippen molar-refractivity contribution in [2.45, 2.75) is 19.1 Å². The minimum Gasteiger partial charge on any atom is -0.377 e. The van der Waals surface area contributed by atoms with Crippen molar-refractivity contribution in [3.05, 3.63) is 22.2 Å². The Hall–Kier alpha value is -1.93. The van der Waals surface area contributed by atoms with E-state index < -0.39 is 4.92 Å². The molecule has 116 valence electrons. The molecule has 1 fully saturated rings. The second-order valence-electron chi connectivity index (χ2n) is 4.78. The van der Waals surface area contributed by atoms with Gasteiger partial charge in [-0.3, -0.25) is 10.1 Å². The normalized spacial score (nSPS) is 21.6. The topological polar surface area (TPSA) is 89.8 Å². The third-order valence-electron chi connectivity index (χ3n) is 3.53. The highest BCUT2D eigenvalue weighted by molar-refractivity contribution is 5.62. The average molecular weight is 296 g/mol. The first kappa shape index (κ1) is 15.5. The van der Waals surface area contributed by atoms with Crippen LogP contribution in [0.3, 0.4) is 0 Å². The molecule has 1 aromatic rings. The Labute approximate surface area is 123 Å². The van der Waals surface area contributed by atoms with E-state index in [2.05, 4.69) is 10.3 Å². The highest BCUT2D eigenvalue weighted by Gasteiger charge is 2.36. The summed E-state index contributed by atoms with van der Waals surface area (Å²) in [6, 6.07) is 3.09. The fraction of sp³-hybridized carbons (Fsp3) is 0.615. The van der Waals surface area contributed by atoms with Crippen LogP contribution in [0.1, 0.15) is 6.92 Å². The maximum Gasteiger partial charge on any atom is 0.311 e. The monoisotopic (exact) mass is 296 g/mol. The summed E-state index contributed by atoms with van der Waals surface area (Å²) in [5.74, 6) is 0.966. The van der Waals surface area contributed by atoms with Crippen LogP contribution in [-0.4, -0.2) is 56.0 Å². The van der Waals surface area contributed by atoms with Crippen LogP contribution >= 0.6 is 0 Å². The molecule has 1 aliphatic heterocycles. The molecule has 0 radical (unpaired) electrons. The molecule has 0 aliphatic carbocycles. The Balaban J connectivity index is 2.32. The molecule has 1 N–H and O–H groups in total. The van der Waals surface area contributed by atoms with Crippen LogP contribution in [0.5, 0.6) is 0 Å². The molecule has 1 aromatic heterocycles. The molecular weight excluding hydrogens is 276 g/mol. The van der Waals surface area contributed by atoms with E-state index in [1.165, 1.54) is 6.07 Å². The number of hydrogen-bond acceptors (Lipinski definition) is 7. The standard InChI is InChI=1S/C13H20N4O4/c1-4-14-12-6-5-9(17(18)19)13(15-12)16-7-10(20-2)11(8-16)21-3/h5-6,10-11H,4,7-8H2,1-3H3,(H,14,15). The Morgan fingerprint density at radius 1 is 1.38 bits per heavy atom. The number of rotatable bonds is 6. The molecule has 2 rings (SSSR count). The van der Waals surface area contributed by atoms with Gasteiger partial charge in [0.15, 0.2) is 0 Å². The summed E-state index contributed by atoms with van der Waals surface area (Å²) in [5.41, 5.74) is -0.0109. The van der Waals surface area contributed by atoms with Crippen LogP contribution in [0, 0.1) is 10.1 Å². The lowest BCUT2D eigenvalue weighted by molar-refractivity contribution is -0.384. The van der Waals surface area contributed by atoms with Crippen LogP contribution < -0.4 is 10.2 Å². The molecule has 0 bridgehead atoms. The lowest BCUT2D eigenvalue weighted by Gasteiger charge is -2.17. The van der Waals surface area contributed by atoms with Crippen LogP contribution in [-0.2, 0) is 9.47 Å². The average Bonchev–Trinajstić information content (AvgIpc) is 2.90. The molecule has 1 saturated heterocycles. The highest BCUT2D eigenvalue weighted by Crippen LogP contribution is 2.31. The van der Waals surface area contributed by atoms with E-state index in [1.807, 2.05) is 11.8 Å². The number of methoxy groups -OCH3 is 2. The van der Waals surface area contributed by atoms with Crippen molar-refractivity contribution >= 4 is 17.3 Å². The van der Waals surface area contributed by atoms with Gasteiger partial charge in [0.25, 0.3) is 0 Å². The fourth-order valence-corrected chi connectivity index (χ4v) is 2.47. The molecule has 2 unspecified atom stereocenters. The van der Waals surface area contributed by atoms with Gasteiger partial charge in [0, 0.05) is 39.9 Å². The van der Waals surface area contributed by atoms with Crippen molar-refractivity contribution in [2.75, 3.05) is 44.1 Å². The van der Waals surface area contributed by atoms with Crippen molar-refractivity contribution in [3.63, 3.8) is 0 Å². The van der Waals surface area contributed by atoms with Crippen molar-refractivity contribution < 1.29 is 14.4 Å². The number of pyridine rings is 1. The number of nitro groups is 1.